The number of ether oxygens (including phenoxy) is 3. The molecule has 1 rings (SSSR count). The van der Waals surface area contributed by atoms with Crippen molar-refractivity contribution in [3.05, 3.63) is 0 Å². The Morgan fingerprint density at radius 3 is 2.00 bits per heavy atom. The standard InChI is InChI=1S/C15H31NO3/c1-17-10-11-19-13-12-18-9-8-15(14-16)6-4-2-3-5-7-15/h2-14,16H2,1H3. The molecule has 0 saturated heterocycles. The van der Waals surface area contributed by atoms with Gasteiger partial charge in [-0.15, -0.1) is 0 Å². The van der Waals surface area contributed by atoms with E-state index in [9.17, 15) is 0 Å². The predicted molar refractivity (Wildman–Crippen MR) is 77.3 cm³/mol. The van der Waals surface area contributed by atoms with Crippen molar-refractivity contribution >= 4 is 0 Å². The van der Waals surface area contributed by atoms with E-state index in [0.717, 1.165) is 19.6 Å². The summed E-state index contributed by atoms with van der Waals surface area (Å²) in [5.74, 6) is 0. The van der Waals surface area contributed by atoms with Crippen LogP contribution in [0.1, 0.15) is 44.9 Å². The number of nitrogens with two attached hydrogens (primary N) is 1. The van der Waals surface area contributed by atoms with Crippen LogP contribution in [0, 0.1) is 5.41 Å². The highest BCUT2D eigenvalue weighted by Gasteiger charge is 2.28. The molecule has 1 fully saturated rings. The number of hydrogen-bond acceptors (Lipinski definition) is 4. The van der Waals surface area contributed by atoms with Crippen LogP contribution >= 0.6 is 0 Å². The second-order valence-corrected chi connectivity index (χ2v) is 5.59. The molecule has 2 N–H and O–H groups in total. The van der Waals surface area contributed by atoms with Crippen molar-refractivity contribution in [1.82, 2.24) is 0 Å². The van der Waals surface area contributed by atoms with Crippen molar-refractivity contribution in [2.24, 2.45) is 11.1 Å². The first kappa shape index (κ1) is 16.9. The van der Waals surface area contributed by atoms with Crippen LogP contribution in [-0.2, 0) is 14.2 Å². The van der Waals surface area contributed by atoms with Crippen LogP contribution in [0.3, 0.4) is 0 Å². The Bertz CT molecular complexity index is 204. The van der Waals surface area contributed by atoms with Crippen molar-refractivity contribution in [1.29, 1.82) is 0 Å². The van der Waals surface area contributed by atoms with Crippen molar-refractivity contribution in [2.75, 3.05) is 46.7 Å². The molecule has 0 aliphatic heterocycles. The van der Waals surface area contributed by atoms with Crippen molar-refractivity contribution in [3.63, 3.8) is 0 Å². The molecule has 4 nitrogen and oxygen atoms in total. The van der Waals surface area contributed by atoms with Gasteiger partial charge in [0.05, 0.1) is 26.4 Å². The van der Waals surface area contributed by atoms with E-state index in [-0.39, 0.29) is 0 Å². The van der Waals surface area contributed by atoms with E-state index in [1.54, 1.807) is 7.11 Å². The molecular formula is C15H31NO3. The fourth-order valence-corrected chi connectivity index (χ4v) is 2.79. The van der Waals surface area contributed by atoms with E-state index in [1.807, 2.05) is 0 Å². The largest absolute Gasteiger partial charge is 0.382 e. The van der Waals surface area contributed by atoms with Crippen LogP contribution in [0.15, 0.2) is 0 Å². The average molecular weight is 273 g/mol. The fourth-order valence-electron chi connectivity index (χ4n) is 2.79. The lowest BCUT2D eigenvalue weighted by Crippen LogP contribution is -2.31. The highest BCUT2D eigenvalue weighted by molar-refractivity contribution is 4.82. The summed E-state index contributed by atoms with van der Waals surface area (Å²) in [7, 11) is 1.68. The lowest BCUT2D eigenvalue weighted by Gasteiger charge is -2.31. The minimum atomic E-state index is 0.341. The molecule has 1 aliphatic rings. The zero-order chi connectivity index (χ0) is 13.8. The van der Waals surface area contributed by atoms with E-state index >= 15 is 0 Å². The summed E-state index contributed by atoms with van der Waals surface area (Å²) in [6.45, 7) is 4.23. The molecule has 0 bridgehead atoms. The third kappa shape index (κ3) is 7.25. The molecule has 1 saturated carbocycles. The van der Waals surface area contributed by atoms with Crippen molar-refractivity contribution in [3.8, 4) is 0 Å². The lowest BCUT2D eigenvalue weighted by molar-refractivity contribution is 0.0156. The Labute approximate surface area is 118 Å². The molecule has 0 aromatic heterocycles. The quantitative estimate of drug-likeness (QED) is 0.490. The molecule has 114 valence electrons. The molecule has 0 atom stereocenters. The third-order valence-electron chi connectivity index (χ3n) is 4.18. The molecule has 19 heavy (non-hydrogen) atoms. The average Bonchev–Trinajstić information content (AvgIpc) is 2.68. The molecule has 4 heteroatoms. The second-order valence-electron chi connectivity index (χ2n) is 5.59. The molecule has 0 aromatic rings. The summed E-state index contributed by atoms with van der Waals surface area (Å²) in [5.41, 5.74) is 6.35. The van der Waals surface area contributed by atoms with Gasteiger partial charge in [-0.3, -0.25) is 0 Å². The zero-order valence-corrected chi connectivity index (χ0v) is 12.5. The summed E-state index contributed by atoms with van der Waals surface area (Å²) in [4.78, 5) is 0. The van der Waals surface area contributed by atoms with E-state index in [0.29, 0.717) is 31.8 Å². The number of rotatable bonds is 10. The van der Waals surface area contributed by atoms with Gasteiger partial charge in [-0.05, 0) is 31.2 Å². The monoisotopic (exact) mass is 273 g/mol. The molecule has 0 spiro atoms. The van der Waals surface area contributed by atoms with Gasteiger partial charge in [-0.1, -0.05) is 25.7 Å². The van der Waals surface area contributed by atoms with Crippen LogP contribution in [0.25, 0.3) is 0 Å². The van der Waals surface area contributed by atoms with E-state index in [4.69, 9.17) is 19.9 Å². The first-order valence-corrected chi connectivity index (χ1v) is 7.67. The smallest absolute Gasteiger partial charge is 0.0701 e. The van der Waals surface area contributed by atoms with Crippen LogP contribution in [0.4, 0.5) is 0 Å². The predicted octanol–water partition coefficient (Wildman–Crippen LogP) is 2.36. The van der Waals surface area contributed by atoms with E-state index in [1.165, 1.54) is 38.5 Å². The minimum Gasteiger partial charge on any atom is -0.382 e. The molecule has 0 amide bonds. The van der Waals surface area contributed by atoms with Gasteiger partial charge < -0.3 is 19.9 Å². The maximum Gasteiger partial charge on any atom is 0.0701 e. The Morgan fingerprint density at radius 2 is 1.42 bits per heavy atom. The van der Waals surface area contributed by atoms with Crippen LogP contribution in [0.5, 0.6) is 0 Å². The van der Waals surface area contributed by atoms with Gasteiger partial charge in [0.15, 0.2) is 0 Å². The maximum absolute atomic E-state index is 6.01. The molecule has 0 radical (unpaired) electrons. The SMILES string of the molecule is COCCOCCOCCC1(CN)CCCCCC1. The Morgan fingerprint density at radius 1 is 0.842 bits per heavy atom. The van der Waals surface area contributed by atoms with Gasteiger partial charge in [0.25, 0.3) is 0 Å². The van der Waals surface area contributed by atoms with Crippen molar-refractivity contribution in [2.45, 2.75) is 44.9 Å². The topological polar surface area (TPSA) is 53.7 Å². The zero-order valence-electron chi connectivity index (χ0n) is 12.5. The van der Waals surface area contributed by atoms with Gasteiger partial charge in [0.2, 0.25) is 0 Å². The summed E-state index contributed by atoms with van der Waals surface area (Å²) in [6.07, 6.45) is 9.05. The highest BCUT2D eigenvalue weighted by Crippen LogP contribution is 2.37. The minimum absolute atomic E-state index is 0.341. The van der Waals surface area contributed by atoms with Gasteiger partial charge >= 0.3 is 0 Å². The van der Waals surface area contributed by atoms with Gasteiger partial charge in [-0.25, -0.2) is 0 Å². The van der Waals surface area contributed by atoms with Crippen LogP contribution < -0.4 is 5.73 Å². The molecule has 0 aromatic carbocycles. The molecule has 1 aliphatic carbocycles. The Hall–Kier alpha value is -0.160. The first-order valence-electron chi connectivity index (χ1n) is 7.67. The third-order valence-corrected chi connectivity index (χ3v) is 4.18. The summed E-state index contributed by atoms with van der Waals surface area (Å²) in [5, 5.41) is 0. The van der Waals surface area contributed by atoms with E-state index < -0.39 is 0 Å². The molecular weight excluding hydrogens is 242 g/mol. The highest BCUT2D eigenvalue weighted by atomic mass is 16.5. The second kappa shape index (κ2) is 10.6. The van der Waals surface area contributed by atoms with Gasteiger partial charge in [0, 0.05) is 13.7 Å². The van der Waals surface area contributed by atoms with Crippen molar-refractivity contribution < 1.29 is 14.2 Å². The van der Waals surface area contributed by atoms with Crippen LogP contribution in [0.2, 0.25) is 0 Å². The summed E-state index contributed by atoms with van der Waals surface area (Å²) < 4.78 is 15.9. The lowest BCUT2D eigenvalue weighted by atomic mass is 9.78. The fraction of sp³-hybridized carbons (Fsp3) is 1.00. The molecule has 0 unspecified atom stereocenters. The maximum atomic E-state index is 6.01. The normalized spacial score (nSPS) is 19.3. The number of hydrogen-bond donors (Lipinski definition) is 1. The summed E-state index contributed by atoms with van der Waals surface area (Å²) in [6, 6.07) is 0. The van der Waals surface area contributed by atoms with Crippen LogP contribution in [-0.4, -0.2) is 46.7 Å². The number of methoxy groups -OCH3 is 1. The first-order chi connectivity index (χ1) is 9.33. The van der Waals surface area contributed by atoms with Gasteiger partial charge in [-0.2, -0.15) is 0 Å². The van der Waals surface area contributed by atoms with Gasteiger partial charge in [0.1, 0.15) is 0 Å². The Balaban J connectivity index is 2.05. The Kier molecular flexibility index (Phi) is 9.43. The van der Waals surface area contributed by atoms with E-state index in [2.05, 4.69) is 0 Å². The molecule has 0 heterocycles. The summed E-state index contributed by atoms with van der Waals surface area (Å²) >= 11 is 0.